The molecule has 0 aliphatic carbocycles. The lowest BCUT2D eigenvalue weighted by Crippen LogP contribution is -2.52. The predicted octanol–water partition coefficient (Wildman–Crippen LogP) is -1.28. The molecule has 1 amide bonds. The van der Waals surface area contributed by atoms with E-state index < -0.39 is 43.0 Å². The maximum absolute atomic E-state index is 11.2. The Hall–Kier alpha value is -0.730. The highest BCUT2D eigenvalue weighted by atomic mass is 16.8. The van der Waals surface area contributed by atoms with Crippen LogP contribution in [-0.4, -0.2) is 59.2 Å². The largest absolute Gasteiger partial charge is 0.394 e. The molecule has 0 aromatic heterocycles. The number of aliphatic hydroxyl groups is 2. The van der Waals surface area contributed by atoms with E-state index in [1.54, 1.807) is 13.8 Å². The fourth-order valence-corrected chi connectivity index (χ4v) is 2.37. The van der Waals surface area contributed by atoms with E-state index >= 15 is 0 Å². The van der Waals surface area contributed by atoms with E-state index in [9.17, 15) is 9.90 Å². The van der Waals surface area contributed by atoms with Gasteiger partial charge in [0.2, 0.25) is 5.91 Å². The molecule has 5 atom stereocenters. The second-order valence-corrected chi connectivity index (χ2v) is 5.05. The summed E-state index contributed by atoms with van der Waals surface area (Å²) in [5.74, 6) is -1.05. The zero-order valence-electron chi connectivity index (χ0n) is 10.6. The van der Waals surface area contributed by atoms with Gasteiger partial charge in [-0.05, 0) is 13.8 Å². The van der Waals surface area contributed by atoms with Crippen molar-refractivity contribution in [3.05, 3.63) is 0 Å². The first kappa shape index (κ1) is 13.7. The van der Waals surface area contributed by atoms with Crippen LogP contribution < -0.4 is 5.32 Å². The summed E-state index contributed by atoms with van der Waals surface area (Å²) in [7, 11) is 0. The fraction of sp³-hybridized carbons (Fsp3) is 0.909. The van der Waals surface area contributed by atoms with Gasteiger partial charge in [-0.1, -0.05) is 0 Å². The first-order chi connectivity index (χ1) is 8.34. The van der Waals surface area contributed by atoms with E-state index in [4.69, 9.17) is 19.3 Å². The van der Waals surface area contributed by atoms with Crippen molar-refractivity contribution in [1.29, 1.82) is 0 Å². The van der Waals surface area contributed by atoms with Crippen LogP contribution >= 0.6 is 0 Å². The highest BCUT2D eigenvalue weighted by Crippen LogP contribution is 2.38. The molecule has 2 aliphatic rings. The summed E-state index contributed by atoms with van der Waals surface area (Å²) in [5.41, 5.74) is 0. The minimum absolute atomic E-state index is 0.257. The summed E-state index contributed by atoms with van der Waals surface area (Å²) in [6.07, 6.45) is -2.98. The van der Waals surface area contributed by atoms with Crippen LogP contribution in [0, 0.1) is 0 Å². The summed E-state index contributed by atoms with van der Waals surface area (Å²) in [6.45, 7) is 4.41. The molecule has 3 N–H and O–H groups in total. The molecule has 7 nitrogen and oxygen atoms in total. The third-order valence-corrected chi connectivity index (χ3v) is 3.02. The minimum Gasteiger partial charge on any atom is -0.394 e. The summed E-state index contributed by atoms with van der Waals surface area (Å²) >= 11 is 0. The molecule has 2 fully saturated rings. The second-order valence-electron chi connectivity index (χ2n) is 5.05. The Balaban J connectivity index is 2.14. The van der Waals surface area contributed by atoms with Gasteiger partial charge < -0.3 is 29.7 Å². The lowest BCUT2D eigenvalue weighted by atomic mass is 10.0. The number of rotatable bonds is 3. The van der Waals surface area contributed by atoms with Crippen molar-refractivity contribution < 1.29 is 29.2 Å². The van der Waals surface area contributed by atoms with E-state index in [2.05, 4.69) is 5.32 Å². The lowest BCUT2D eigenvalue weighted by Gasteiger charge is -2.28. The van der Waals surface area contributed by atoms with Crippen molar-refractivity contribution in [2.24, 2.45) is 0 Å². The van der Waals surface area contributed by atoms with Crippen molar-refractivity contribution in [2.75, 3.05) is 6.61 Å². The van der Waals surface area contributed by atoms with Gasteiger partial charge in [-0.15, -0.1) is 0 Å². The van der Waals surface area contributed by atoms with Crippen molar-refractivity contribution >= 4 is 5.91 Å². The van der Waals surface area contributed by atoms with Crippen LogP contribution in [0.4, 0.5) is 0 Å². The predicted molar refractivity (Wildman–Crippen MR) is 59.4 cm³/mol. The molecular weight excluding hydrogens is 242 g/mol. The van der Waals surface area contributed by atoms with Crippen molar-refractivity contribution in [2.45, 2.75) is 57.2 Å². The molecule has 0 aromatic rings. The minimum atomic E-state index is -1.09. The van der Waals surface area contributed by atoms with Crippen LogP contribution in [0.25, 0.3) is 0 Å². The summed E-state index contributed by atoms with van der Waals surface area (Å²) < 4.78 is 16.7. The van der Waals surface area contributed by atoms with Crippen LogP contribution in [0.5, 0.6) is 0 Å². The summed E-state index contributed by atoms with van der Waals surface area (Å²) in [6, 6.07) is -0.545. The zero-order valence-corrected chi connectivity index (χ0v) is 10.6. The molecule has 2 saturated heterocycles. The van der Waals surface area contributed by atoms with Gasteiger partial charge in [-0.25, -0.2) is 0 Å². The van der Waals surface area contributed by atoms with Crippen molar-refractivity contribution in [3.63, 3.8) is 0 Å². The molecule has 0 saturated carbocycles. The summed E-state index contributed by atoms with van der Waals surface area (Å²) in [4.78, 5) is 11.2. The molecule has 0 spiro atoms. The number of nitrogens with one attached hydrogen (secondary N) is 1. The number of carbonyl (C=O) groups is 1. The molecule has 18 heavy (non-hydrogen) atoms. The molecule has 2 rings (SSSR count). The maximum atomic E-state index is 11.2. The second kappa shape index (κ2) is 4.75. The Labute approximate surface area is 105 Å². The van der Waals surface area contributed by atoms with Gasteiger partial charge in [-0.2, -0.15) is 0 Å². The summed E-state index contributed by atoms with van der Waals surface area (Å²) in [5, 5.41) is 21.4. The number of hydrogen-bond acceptors (Lipinski definition) is 6. The molecule has 7 heteroatoms. The van der Waals surface area contributed by atoms with Crippen LogP contribution in [0.1, 0.15) is 20.8 Å². The number of fused-ring (bicyclic) bond motifs is 1. The number of hydrogen-bond donors (Lipinski definition) is 3. The molecule has 2 aliphatic heterocycles. The smallest absolute Gasteiger partial charge is 0.217 e. The lowest BCUT2D eigenvalue weighted by molar-refractivity contribution is -0.218. The Morgan fingerprint density at radius 3 is 2.67 bits per heavy atom. The van der Waals surface area contributed by atoms with Gasteiger partial charge in [0.15, 0.2) is 12.1 Å². The Morgan fingerprint density at radius 1 is 1.44 bits per heavy atom. The Bertz CT molecular complexity index is 333. The molecule has 0 aromatic carbocycles. The number of amides is 1. The molecule has 2 heterocycles. The number of ether oxygens (including phenoxy) is 3. The van der Waals surface area contributed by atoms with Gasteiger partial charge in [0.25, 0.3) is 0 Å². The molecular formula is C11H19NO6. The van der Waals surface area contributed by atoms with Crippen LogP contribution in [-0.2, 0) is 19.0 Å². The van der Waals surface area contributed by atoms with E-state index in [0.29, 0.717) is 0 Å². The molecule has 0 radical (unpaired) electrons. The average Bonchev–Trinajstić information content (AvgIpc) is 2.71. The van der Waals surface area contributed by atoms with Gasteiger partial charge in [0, 0.05) is 6.92 Å². The Kier molecular flexibility index (Phi) is 3.61. The van der Waals surface area contributed by atoms with E-state index in [0.717, 1.165) is 0 Å². The third kappa shape index (κ3) is 2.50. The zero-order chi connectivity index (χ0) is 13.5. The number of aliphatic hydroxyl groups excluding tert-OH is 2. The quantitative estimate of drug-likeness (QED) is 0.585. The van der Waals surface area contributed by atoms with E-state index in [-0.39, 0.29) is 5.91 Å². The van der Waals surface area contributed by atoms with Crippen LogP contribution in [0.2, 0.25) is 0 Å². The molecule has 0 unspecified atom stereocenters. The first-order valence-corrected chi connectivity index (χ1v) is 5.91. The van der Waals surface area contributed by atoms with Crippen LogP contribution in [0.15, 0.2) is 0 Å². The van der Waals surface area contributed by atoms with Crippen LogP contribution in [0.3, 0.4) is 0 Å². The third-order valence-electron chi connectivity index (χ3n) is 3.02. The average molecular weight is 261 g/mol. The normalized spacial score (nSPS) is 39.4. The van der Waals surface area contributed by atoms with Gasteiger partial charge in [-0.3, -0.25) is 4.79 Å². The van der Waals surface area contributed by atoms with Crippen molar-refractivity contribution in [1.82, 2.24) is 5.32 Å². The topological polar surface area (TPSA) is 97.3 Å². The SMILES string of the molecule is CC(=O)N[C@H]1[C@H]2OC(C)(C)O[C@H]2O[C@@H]1[C@H](O)CO. The van der Waals surface area contributed by atoms with E-state index in [1.165, 1.54) is 6.92 Å². The fourth-order valence-electron chi connectivity index (χ4n) is 2.37. The first-order valence-electron chi connectivity index (χ1n) is 5.91. The maximum Gasteiger partial charge on any atom is 0.217 e. The molecule has 0 bridgehead atoms. The highest BCUT2D eigenvalue weighted by molar-refractivity contribution is 5.73. The molecule has 104 valence electrons. The highest BCUT2D eigenvalue weighted by Gasteiger charge is 2.56. The van der Waals surface area contributed by atoms with Gasteiger partial charge >= 0.3 is 0 Å². The van der Waals surface area contributed by atoms with Gasteiger partial charge in [0.1, 0.15) is 18.3 Å². The van der Waals surface area contributed by atoms with Crippen molar-refractivity contribution in [3.8, 4) is 0 Å². The van der Waals surface area contributed by atoms with Gasteiger partial charge in [0.05, 0.1) is 12.6 Å². The Morgan fingerprint density at radius 2 is 2.11 bits per heavy atom. The standard InChI is InChI=1S/C11H19NO6/c1-5(14)12-7-8(6(15)4-13)16-10-9(7)17-11(2,3)18-10/h6-10,13,15H,4H2,1-3H3,(H,12,14)/t6-,7-,8-,9-,10-/m1/s1. The monoisotopic (exact) mass is 261 g/mol. The number of carbonyl (C=O) groups excluding carboxylic acids is 1. The van der Waals surface area contributed by atoms with E-state index in [1.807, 2.05) is 0 Å².